The normalized spacial score (nSPS) is 14.8. The van der Waals surface area contributed by atoms with Crippen molar-refractivity contribution in [3.63, 3.8) is 0 Å². The molecular weight excluding hydrogens is 641 g/mol. The van der Waals surface area contributed by atoms with Gasteiger partial charge in [-0.25, -0.2) is 0 Å². The standard InChI is InChI=1S/C41H52N4O2SSi/c1-10-12-24-45(25-13-11-2)34-20-18-31(19-21-34)16-14-15-17-38-32(30-46-49(8,9)40(3,4)5)26-35(48-38)22-23-37-36(29-44)39(33(27-42)28-43)47-41(37,6)7/h14-23,26H,10-13,24-25,30H2,1-9H3/b16-14+,17-15+,23-22+. The van der Waals surface area contributed by atoms with Crippen molar-refractivity contribution in [3.05, 3.63) is 91.9 Å². The summed E-state index contributed by atoms with van der Waals surface area (Å²) in [5, 5.41) is 28.8. The lowest BCUT2D eigenvalue weighted by Crippen LogP contribution is -2.40. The van der Waals surface area contributed by atoms with E-state index in [-0.39, 0.29) is 21.9 Å². The Hall–Kier alpha value is -4.13. The fourth-order valence-corrected chi connectivity index (χ4v) is 7.03. The Balaban J connectivity index is 1.90. The second-order valence-corrected chi connectivity index (χ2v) is 20.3. The van der Waals surface area contributed by atoms with E-state index < -0.39 is 13.9 Å². The molecule has 0 N–H and O–H groups in total. The number of nitrogens with zero attached hydrogens (tertiary/aromatic N) is 4. The predicted molar refractivity (Wildman–Crippen MR) is 208 cm³/mol. The molecule has 2 aromatic rings. The molecule has 0 amide bonds. The predicted octanol–water partition coefficient (Wildman–Crippen LogP) is 11.3. The van der Waals surface area contributed by atoms with Gasteiger partial charge in [-0.1, -0.05) is 83.9 Å². The van der Waals surface area contributed by atoms with Crippen LogP contribution in [0.3, 0.4) is 0 Å². The van der Waals surface area contributed by atoms with Crippen LogP contribution in [0.5, 0.6) is 0 Å². The second kappa shape index (κ2) is 17.5. The lowest BCUT2D eigenvalue weighted by molar-refractivity contribution is 0.0954. The number of hydrogen-bond donors (Lipinski definition) is 0. The van der Waals surface area contributed by atoms with Gasteiger partial charge in [0, 0.05) is 34.1 Å². The van der Waals surface area contributed by atoms with Gasteiger partial charge in [0.15, 0.2) is 19.6 Å². The third-order valence-electron chi connectivity index (χ3n) is 9.20. The number of benzene rings is 1. The number of hydrogen-bond acceptors (Lipinski definition) is 7. The monoisotopic (exact) mass is 692 g/mol. The van der Waals surface area contributed by atoms with Crippen LogP contribution < -0.4 is 4.90 Å². The van der Waals surface area contributed by atoms with Crippen molar-refractivity contribution < 1.29 is 9.16 Å². The highest BCUT2D eigenvalue weighted by molar-refractivity contribution is 7.14. The number of thiophene rings is 1. The zero-order valence-electron chi connectivity index (χ0n) is 30.8. The molecule has 49 heavy (non-hydrogen) atoms. The number of anilines is 1. The Morgan fingerprint density at radius 3 is 2.10 bits per heavy atom. The van der Waals surface area contributed by atoms with Crippen LogP contribution in [0.4, 0.5) is 5.69 Å². The molecule has 1 aromatic heterocycles. The van der Waals surface area contributed by atoms with E-state index in [1.165, 1.54) is 31.4 Å². The van der Waals surface area contributed by atoms with Gasteiger partial charge in [-0.05, 0) is 86.3 Å². The molecule has 0 saturated heterocycles. The van der Waals surface area contributed by atoms with Crippen molar-refractivity contribution in [2.24, 2.45) is 0 Å². The van der Waals surface area contributed by atoms with E-state index in [2.05, 4.69) is 113 Å². The van der Waals surface area contributed by atoms with Gasteiger partial charge >= 0.3 is 0 Å². The molecule has 8 heteroatoms. The first-order valence-electron chi connectivity index (χ1n) is 17.2. The average molecular weight is 693 g/mol. The fraction of sp³-hybridized carbons (Fsp3) is 0.439. The number of nitriles is 3. The molecule has 258 valence electrons. The lowest BCUT2D eigenvalue weighted by Gasteiger charge is -2.36. The molecule has 6 nitrogen and oxygen atoms in total. The largest absolute Gasteiger partial charge is 0.480 e. The molecule has 0 bridgehead atoms. The van der Waals surface area contributed by atoms with Gasteiger partial charge in [0.05, 0.1) is 6.61 Å². The summed E-state index contributed by atoms with van der Waals surface area (Å²) in [7, 11) is -1.98. The van der Waals surface area contributed by atoms with Crippen LogP contribution in [-0.2, 0) is 15.8 Å². The van der Waals surface area contributed by atoms with E-state index in [0.29, 0.717) is 12.2 Å². The summed E-state index contributed by atoms with van der Waals surface area (Å²) in [6.07, 6.45) is 17.0. The lowest BCUT2D eigenvalue weighted by atomic mass is 9.94. The second-order valence-electron chi connectivity index (χ2n) is 14.4. The fourth-order valence-electron chi connectivity index (χ4n) is 5.10. The van der Waals surface area contributed by atoms with Gasteiger partial charge in [0.1, 0.15) is 29.4 Å². The van der Waals surface area contributed by atoms with Crippen LogP contribution in [0.2, 0.25) is 18.1 Å². The molecule has 3 rings (SSSR count). The summed E-state index contributed by atoms with van der Waals surface area (Å²) < 4.78 is 12.6. The van der Waals surface area contributed by atoms with Crippen LogP contribution in [0.15, 0.2) is 71.0 Å². The minimum absolute atomic E-state index is 0.0437. The van der Waals surface area contributed by atoms with Crippen molar-refractivity contribution in [1.82, 2.24) is 0 Å². The summed E-state index contributed by atoms with van der Waals surface area (Å²) in [4.78, 5) is 4.61. The minimum Gasteiger partial charge on any atom is -0.480 e. The smallest absolute Gasteiger partial charge is 0.192 e. The Bertz CT molecular complexity index is 1710. The number of allylic oxidation sites excluding steroid dienone is 4. The van der Waals surface area contributed by atoms with Crippen molar-refractivity contribution in [2.75, 3.05) is 18.0 Å². The van der Waals surface area contributed by atoms with Gasteiger partial charge in [-0.2, -0.15) is 15.8 Å². The highest BCUT2D eigenvalue weighted by Gasteiger charge is 2.39. The molecule has 0 fully saturated rings. The molecule has 1 aromatic carbocycles. The van der Waals surface area contributed by atoms with Gasteiger partial charge in [0.2, 0.25) is 0 Å². The van der Waals surface area contributed by atoms with E-state index in [0.717, 1.165) is 34.0 Å². The van der Waals surface area contributed by atoms with Crippen molar-refractivity contribution in [3.8, 4) is 18.2 Å². The summed E-state index contributed by atoms with van der Waals surface area (Å²) in [5.41, 5.74) is 3.32. The molecule has 0 spiro atoms. The maximum Gasteiger partial charge on any atom is 0.192 e. The van der Waals surface area contributed by atoms with Gasteiger partial charge in [0.25, 0.3) is 0 Å². The van der Waals surface area contributed by atoms with E-state index in [4.69, 9.17) is 9.16 Å². The summed E-state index contributed by atoms with van der Waals surface area (Å²) in [6, 6.07) is 16.8. The Morgan fingerprint density at radius 2 is 1.55 bits per heavy atom. The molecule has 2 heterocycles. The van der Waals surface area contributed by atoms with E-state index in [9.17, 15) is 15.8 Å². The summed E-state index contributed by atoms with van der Waals surface area (Å²) in [5.74, 6) is 0.0437. The Morgan fingerprint density at radius 1 is 0.939 bits per heavy atom. The third kappa shape index (κ3) is 10.4. The van der Waals surface area contributed by atoms with Crippen LogP contribution in [0, 0.1) is 34.0 Å². The first kappa shape index (κ1) is 39.3. The summed E-state index contributed by atoms with van der Waals surface area (Å²) >= 11 is 1.65. The molecule has 0 saturated carbocycles. The Kier molecular flexibility index (Phi) is 14.0. The third-order valence-corrected chi connectivity index (χ3v) is 14.8. The van der Waals surface area contributed by atoms with Crippen molar-refractivity contribution >= 4 is 43.6 Å². The highest BCUT2D eigenvalue weighted by Crippen LogP contribution is 2.41. The topological polar surface area (TPSA) is 93.1 Å². The van der Waals surface area contributed by atoms with E-state index in [1.54, 1.807) is 11.3 Å². The zero-order valence-corrected chi connectivity index (χ0v) is 32.6. The molecule has 0 radical (unpaired) electrons. The molecule has 0 atom stereocenters. The maximum absolute atomic E-state index is 9.94. The molecular formula is C41H52N4O2SSi. The van der Waals surface area contributed by atoms with E-state index >= 15 is 0 Å². The molecule has 1 aliphatic rings. The minimum atomic E-state index is -1.98. The molecule has 0 aliphatic carbocycles. The van der Waals surface area contributed by atoms with Gasteiger partial charge < -0.3 is 14.1 Å². The van der Waals surface area contributed by atoms with Crippen LogP contribution >= 0.6 is 11.3 Å². The molecule has 1 aliphatic heterocycles. The number of ether oxygens (including phenoxy) is 1. The number of rotatable bonds is 15. The average Bonchev–Trinajstić information content (AvgIpc) is 3.57. The van der Waals surface area contributed by atoms with E-state index in [1.807, 2.05) is 38.1 Å². The van der Waals surface area contributed by atoms with Crippen LogP contribution in [0.25, 0.3) is 18.2 Å². The SMILES string of the molecule is CCCCN(CCCC)c1ccc(/C=C/C=C/c2sc(/C=C/C3=C(C#N)C(=C(C#N)C#N)OC3(C)C)cc2CO[Si](C)(C)C(C)(C)C)cc1. The van der Waals surface area contributed by atoms with Crippen molar-refractivity contribution in [2.45, 2.75) is 104 Å². The quantitative estimate of drug-likeness (QED) is 0.105. The highest BCUT2D eigenvalue weighted by atomic mass is 32.1. The maximum atomic E-state index is 9.94. The van der Waals surface area contributed by atoms with Gasteiger partial charge in [-0.15, -0.1) is 11.3 Å². The van der Waals surface area contributed by atoms with Crippen LogP contribution in [-0.4, -0.2) is 27.0 Å². The zero-order chi connectivity index (χ0) is 36.2. The molecule has 0 unspecified atom stereocenters. The number of unbranched alkanes of at least 4 members (excludes halogenated alkanes) is 2. The first-order chi connectivity index (χ1) is 23.2. The van der Waals surface area contributed by atoms with Crippen molar-refractivity contribution in [1.29, 1.82) is 15.8 Å². The summed E-state index contributed by atoms with van der Waals surface area (Å²) in [6.45, 7) is 22.1. The first-order valence-corrected chi connectivity index (χ1v) is 21.0. The van der Waals surface area contributed by atoms with Gasteiger partial charge in [-0.3, -0.25) is 0 Å². The Labute approximate surface area is 300 Å². The van der Waals surface area contributed by atoms with Crippen LogP contribution in [0.1, 0.15) is 95.0 Å².